The molecule has 0 bridgehead atoms. The van der Waals surface area contributed by atoms with Gasteiger partial charge in [-0.3, -0.25) is 0 Å². The van der Waals surface area contributed by atoms with Gasteiger partial charge in [0.05, 0.1) is 0 Å². The molecule has 3 atom stereocenters. The fourth-order valence-electron chi connectivity index (χ4n) is 3.02. The standard InChI is InChI=1S/C15H22F2N2/c1-9-4-10(2)11(3)19(8-9)15-13(16)5-12(7-18)6-14(15)17/h5-6,9-11H,4,7-8,18H2,1-3H3. The topological polar surface area (TPSA) is 29.3 Å². The highest BCUT2D eigenvalue weighted by molar-refractivity contribution is 5.52. The fraction of sp³-hybridized carbons (Fsp3) is 0.600. The van der Waals surface area contributed by atoms with E-state index in [4.69, 9.17) is 5.73 Å². The molecular weight excluding hydrogens is 246 g/mol. The number of nitrogens with zero attached hydrogens (tertiary/aromatic N) is 1. The third-order valence-corrected chi connectivity index (χ3v) is 4.20. The molecule has 1 aliphatic heterocycles. The highest BCUT2D eigenvalue weighted by Gasteiger charge is 2.32. The third kappa shape index (κ3) is 2.73. The Hall–Kier alpha value is -1.16. The molecule has 0 amide bonds. The van der Waals surface area contributed by atoms with Crippen molar-refractivity contribution in [3.8, 4) is 0 Å². The summed E-state index contributed by atoms with van der Waals surface area (Å²) < 4.78 is 28.3. The van der Waals surface area contributed by atoms with Crippen LogP contribution < -0.4 is 10.6 Å². The predicted octanol–water partition coefficient (Wildman–Crippen LogP) is 3.29. The molecular formula is C15H22F2N2. The van der Waals surface area contributed by atoms with Crippen molar-refractivity contribution in [3.05, 3.63) is 29.3 Å². The van der Waals surface area contributed by atoms with Crippen molar-refractivity contribution >= 4 is 5.69 Å². The highest BCUT2D eigenvalue weighted by Crippen LogP contribution is 2.34. The van der Waals surface area contributed by atoms with Crippen LogP contribution in [0.5, 0.6) is 0 Å². The first-order chi connectivity index (χ1) is 8.93. The summed E-state index contributed by atoms with van der Waals surface area (Å²) >= 11 is 0. The van der Waals surface area contributed by atoms with Crippen molar-refractivity contribution in [2.75, 3.05) is 11.4 Å². The Kier molecular flexibility index (Phi) is 4.09. The van der Waals surface area contributed by atoms with E-state index in [9.17, 15) is 8.78 Å². The zero-order valence-corrected chi connectivity index (χ0v) is 11.8. The molecule has 3 unspecified atom stereocenters. The van der Waals surface area contributed by atoms with Gasteiger partial charge in [-0.1, -0.05) is 13.8 Å². The van der Waals surface area contributed by atoms with Crippen LogP contribution in [0.15, 0.2) is 12.1 Å². The average molecular weight is 268 g/mol. The summed E-state index contributed by atoms with van der Waals surface area (Å²) in [4.78, 5) is 1.86. The molecule has 0 radical (unpaired) electrons. The Bertz CT molecular complexity index is 438. The van der Waals surface area contributed by atoms with Gasteiger partial charge in [0.1, 0.15) is 17.3 Å². The van der Waals surface area contributed by atoms with E-state index in [1.807, 2.05) is 11.8 Å². The minimum absolute atomic E-state index is 0.100. The predicted molar refractivity (Wildman–Crippen MR) is 74.0 cm³/mol. The van der Waals surface area contributed by atoms with Crippen LogP contribution in [0.4, 0.5) is 14.5 Å². The molecule has 1 heterocycles. The molecule has 0 saturated carbocycles. The first kappa shape index (κ1) is 14.3. The summed E-state index contributed by atoms with van der Waals surface area (Å²) in [5, 5.41) is 0. The normalized spacial score (nSPS) is 27.7. The number of rotatable bonds is 2. The quantitative estimate of drug-likeness (QED) is 0.891. The number of anilines is 1. The van der Waals surface area contributed by atoms with Gasteiger partial charge in [-0.2, -0.15) is 0 Å². The summed E-state index contributed by atoms with van der Waals surface area (Å²) in [5.74, 6) is -0.141. The minimum atomic E-state index is -0.506. The summed E-state index contributed by atoms with van der Waals surface area (Å²) in [6.07, 6.45) is 1.10. The molecule has 4 heteroatoms. The van der Waals surface area contributed by atoms with Crippen molar-refractivity contribution in [2.24, 2.45) is 17.6 Å². The zero-order valence-electron chi connectivity index (χ0n) is 11.8. The van der Waals surface area contributed by atoms with E-state index in [2.05, 4.69) is 13.8 Å². The Morgan fingerprint density at radius 2 is 1.79 bits per heavy atom. The van der Waals surface area contributed by atoms with Crippen LogP contribution in [0.2, 0.25) is 0 Å². The molecule has 0 aromatic heterocycles. The van der Waals surface area contributed by atoms with Crippen molar-refractivity contribution in [1.82, 2.24) is 0 Å². The molecule has 2 nitrogen and oxygen atoms in total. The first-order valence-electron chi connectivity index (χ1n) is 6.88. The van der Waals surface area contributed by atoms with E-state index >= 15 is 0 Å². The Balaban J connectivity index is 2.40. The van der Waals surface area contributed by atoms with Gasteiger partial charge < -0.3 is 10.6 Å². The largest absolute Gasteiger partial charge is 0.364 e. The minimum Gasteiger partial charge on any atom is -0.364 e. The van der Waals surface area contributed by atoms with Gasteiger partial charge in [0.15, 0.2) is 0 Å². The van der Waals surface area contributed by atoms with Crippen molar-refractivity contribution in [2.45, 2.75) is 39.8 Å². The lowest BCUT2D eigenvalue weighted by Crippen LogP contribution is -2.46. The van der Waals surface area contributed by atoms with E-state index in [0.29, 0.717) is 23.9 Å². The highest BCUT2D eigenvalue weighted by atomic mass is 19.1. The molecule has 0 aliphatic carbocycles. The second-order valence-corrected chi connectivity index (χ2v) is 5.82. The fourth-order valence-corrected chi connectivity index (χ4v) is 3.02. The second-order valence-electron chi connectivity index (χ2n) is 5.82. The maximum atomic E-state index is 14.2. The van der Waals surface area contributed by atoms with Crippen LogP contribution in [0, 0.1) is 23.5 Å². The summed E-state index contributed by atoms with van der Waals surface area (Å²) in [7, 11) is 0. The van der Waals surface area contributed by atoms with E-state index in [0.717, 1.165) is 6.42 Å². The second kappa shape index (κ2) is 5.45. The Morgan fingerprint density at radius 1 is 1.21 bits per heavy atom. The maximum Gasteiger partial charge on any atom is 0.149 e. The van der Waals surface area contributed by atoms with E-state index in [1.54, 1.807) is 0 Å². The Morgan fingerprint density at radius 3 is 2.32 bits per heavy atom. The van der Waals surface area contributed by atoms with E-state index < -0.39 is 11.6 Å². The SMILES string of the molecule is CC1CC(C)C(C)N(c2c(F)cc(CN)cc2F)C1. The molecule has 1 aromatic carbocycles. The van der Waals surface area contributed by atoms with Gasteiger partial charge in [0.25, 0.3) is 0 Å². The molecule has 0 spiro atoms. The van der Waals surface area contributed by atoms with Crippen LogP contribution in [0.25, 0.3) is 0 Å². The number of nitrogens with two attached hydrogens (primary N) is 1. The molecule has 1 aliphatic rings. The number of halogens is 2. The molecule has 2 rings (SSSR count). The van der Waals surface area contributed by atoms with Crippen LogP contribution in [-0.2, 0) is 6.54 Å². The van der Waals surface area contributed by atoms with Crippen molar-refractivity contribution in [1.29, 1.82) is 0 Å². The maximum absolute atomic E-state index is 14.2. The smallest absolute Gasteiger partial charge is 0.149 e. The van der Waals surface area contributed by atoms with E-state index in [1.165, 1.54) is 12.1 Å². The zero-order chi connectivity index (χ0) is 14.2. The molecule has 1 aromatic rings. The van der Waals surface area contributed by atoms with Gasteiger partial charge in [0.2, 0.25) is 0 Å². The van der Waals surface area contributed by atoms with Gasteiger partial charge in [-0.15, -0.1) is 0 Å². The van der Waals surface area contributed by atoms with E-state index in [-0.39, 0.29) is 18.3 Å². The lowest BCUT2D eigenvalue weighted by molar-refractivity contribution is 0.292. The van der Waals surface area contributed by atoms with Crippen molar-refractivity contribution in [3.63, 3.8) is 0 Å². The van der Waals surface area contributed by atoms with Crippen LogP contribution in [-0.4, -0.2) is 12.6 Å². The van der Waals surface area contributed by atoms with Gasteiger partial charge in [-0.25, -0.2) is 8.78 Å². The first-order valence-corrected chi connectivity index (χ1v) is 6.88. The summed E-state index contributed by atoms with van der Waals surface area (Å²) in [5.41, 5.74) is 6.03. The van der Waals surface area contributed by atoms with Crippen molar-refractivity contribution < 1.29 is 8.78 Å². The molecule has 106 valence electrons. The molecule has 1 fully saturated rings. The number of benzene rings is 1. The number of piperidine rings is 1. The van der Waals surface area contributed by atoms with Gasteiger partial charge >= 0.3 is 0 Å². The molecule has 19 heavy (non-hydrogen) atoms. The summed E-state index contributed by atoms with van der Waals surface area (Å²) in [6.45, 7) is 7.14. The van der Waals surface area contributed by atoms with Crippen LogP contribution >= 0.6 is 0 Å². The van der Waals surface area contributed by atoms with Gasteiger partial charge in [-0.05, 0) is 42.9 Å². The van der Waals surface area contributed by atoms with Crippen LogP contribution in [0.1, 0.15) is 32.8 Å². The third-order valence-electron chi connectivity index (χ3n) is 4.20. The number of hydrogen-bond donors (Lipinski definition) is 1. The lowest BCUT2D eigenvalue weighted by atomic mass is 9.85. The van der Waals surface area contributed by atoms with Gasteiger partial charge in [0, 0.05) is 19.1 Å². The molecule has 2 N–H and O–H groups in total. The van der Waals surface area contributed by atoms with Crippen LogP contribution in [0.3, 0.4) is 0 Å². The molecule has 1 saturated heterocycles. The lowest BCUT2D eigenvalue weighted by Gasteiger charge is -2.42. The average Bonchev–Trinajstić information content (AvgIpc) is 2.34. The Labute approximate surface area is 113 Å². The monoisotopic (exact) mass is 268 g/mol. The summed E-state index contributed by atoms with van der Waals surface area (Å²) in [6, 6.07) is 2.83. The number of hydrogen-bond acceptors (Lipinski definition) is 2.